The lowest BCUT2D eigenvalue weighted by atomic mass is 9.86. The number of benzene rings is 1. The second-order valence-corrected chi connectivity index (χ2v) is 13.9. The Morgan fingerprint density at radius 1 is 1.00 bits per heavy atom. The predicted molar refractivity (Wildman–Crippen MR) is 150 cm³/mol. The number of amides is 2. The van der Waals surface area contributed by atoms with Crippen LogP contribution in [0.3, 0.4) is 0 Å². The molecule has 0 radical (unpaired) electrons. The van der Waals surface area contributed by atoms with Gasteiger partial charge in [0.25, 0.3) is 0 Å². The summed E-state index contributed by atoms with van der Waals surface area (Å²) in [6.07, 6.45) is 5.51. The summed E-state index contributed by atoms with van der Waals surface area (Å²) >= 11 is 0. The van der Waals surface area contributed by atoms with E-state index in [0.717, 1.165) is 44.9 Å². The molecular weight excluding hydrogens is 508 g/mol. The minimum absolute atomic E-state index is 0.0850. The van der Waals surface area contributed by atoms with Gasteiger partial charge in [0, 0.05) is 30.5 Å². The molecule has 2 aromatic rings. The minimum atomic E-state index is -0.570. The molecule has 1 aromatic heterocycles. The van der Waals surface area contributed by atoms with E-state index in [9.17, 15) is 9.59 Å². The molecule has 40 heavy (non-hydrogen) atoms. The summed E-state index contributed by atoms with van der Waals surface area (Å²) in [6.45, 7) is 11.8. The van der Waals surface area contributed by atoms with E-state index in [4.69, 9.17) is 19.0 Å². The molecule has 1 N–H and O–H groups in total. The molecule has 3 fully saturated rings. The van der Waals surface area contributed by atoms with Gasteiger partial charge in [0.1, 0.15) is 11.2 Å². The lowest BCUT2D eigenvalue weighted by Gasteiger charge is -2.30. The molecule has 0 saturated heterocycles. The SMILES string of the molecule is CC(C)(C)OC(=O)NC1CCC(c2nc(C3(CN(C(=O)OC(C)(C)C)C4CC4c4ccccc4)CC3)no2)CC1. The van der Waals surface area contributed by atoms with Crippen molar-refractivity contribution in [2.24, 2.45) is 0 Å². The van der Waals surface area contributed by atoms with Gasteiger partial charge >= 0.3 is 12.2 Å². The number of carbonyl (C=O) groups excluding carboxylic acids is 2. The van der Waals surface area contributed by atoms with Crippen LogP contribution in [0.15, 0.2) is 34.9 Å². The van der Waals surface area contributed by atoms with E-state index in [1.165, 1.54) is 5.56 Å². The molecular formula is C31H44N4O5. The number of aromatic nitrogens is 2. The molecule has 0 aliphatic heterocycles. The third-order valence-corrected chi connectivity index (χ3v) is 8.05. The summed E-state index contributed by atoms with van der Waals surface area (Å²) in [6, 6.07) is 10.6. The standard InChI is InChI=1S/C31H44N4O5/c1-29(2,3)38-27(36)32-22-14-12-21(13-15-22)25-33-26(34-40-25)31(16-17-31)19-35(28(37)39-30(4,5)6)24-18-23(24)20-10-8-7-9-11-20/h7-11,21-24H,12-19H2,1-6H3,(H,32,36). The first kappa shape index (κ1) is 28.4. The van der Waals surface area contributed by atoms with Gasteiger partial charge in [-0.1, -0.05) is 35.5 Å². The van der Waals surface area contributed by atoms with Crippen molar-refractivity contribution < 1.29 is 23.6 Å². The Morgan fingerprint density at radius 3 is 2.25 bits per heavy atom. The van der Waals surface area contributed by atoms with Crippen LogP contribution in [0.2, 0.25) is 0 Å². The van der Waals surface area contributed by atoms with E-state index in [2.05, 4.69) is 22.6 Å². The van der Waals surface area contributed by atoms with Gasteiger partial charge in [-0.05, 0) is 92.1 Å². The minimum Gasteiger partial charge on any atom is -0.444 e. The highest BCUT2D eigenvalue weighted by Gasteiger charge is 2.55. The van der Waals surface area contributed by atoms with Crippen molar-refractivity contribution in [3.8, 4) is 0 Å². The predicted octanol–water partition coefficient (Wildman–Crippen LogP) is 6.45. The van der Waals surface area contributed by atoms with Crippen LogP contribution in [0, 0.1) is 0 Å². The molecule has 9 heteroatoms. The first-order valence-electron chi connectivity index (χ1n) is 14.7. The molecule has 218 valence electrons. The number of nitrogens with zero attached hydrogens (tertiary/aromatic N) is 3. The number of rotatable bonds is 7. The van der Waals surface area contributed by atoms with Gasteiger partial charge in [-0.15, -0.1) is 0 Å². The Balaban J connectivity index is 1.22. The van der Waals surface area contributed by atoms with Crippen LogP contribution in [-0.2, 0) is 14.9 Å². The third-order valence-electron chi connectivity index (χ3n) is 8.05. The molecule has 5 rings (SSSR count). The highest BCUT2D eigenvalue weighted by molar-refractivity contribution is 5.70. The molecule has 9 nitrogen and oxygen atoms in total. The maximum absolute atomic E-state index is 13.4. The van der Waals surface area contributed by atoms with Crippen LogP contribution >= 0.6 is 0 Å². The van der Waals surface area contributed by atoms with Crippen LogP contribution in [-0.4, -0.2) is 57.1 Å². The van der Waals surface area contributed by atoms with E-state index < -0.39 is 11.2 Å². The second-order valence-electron chi connectivity index (χ2n) is 13.9. The number of hydrogen-bond donors (Lipinski definition) is 1. The Bertz CT molecular complexity index is 1190. The normalized spacial score (nSPS) is 25.6. The third kappa shape index (κ3) is 6.96. The van der Waals surface area contributed by atoms with Gasteiger partial charge < -0.3 is 24.2 Å². The van der Waals surface area contributed by atoms with Gasteiger partial charge in [0.15, 0.2) is 5.82 Å². The molecule has 2 amide bonds. The van der Waals surface area contributed by atoms with Crippen molar-refractivity contribution in [3.63, 3.8) is 0 Å². The second kappa shape index (κ2) is 10.7. The summed E-state index contributed by atoms with van der Waals surface area (Å²) in [5, 5.41) is 7.41. The molecule has 0 spiro atoms. The number of hydrogen-bond acceptors (Lipinski definition) is 7. The fourth-order valence-electron chi connectivity index (χ4n) is 5.73. The van der Waals surface area contributed by atoms with Crippen LogP contribution in [0.1, 0.15) is 116 Å². The highest BCUT2D eigenvalue weighted by Crippen LogP contribution is 2.52. The Labute approximate surface area is 237 Å². The van der Waals surface area contributed by atoms with Crippen LogP contribution in [0.5, 0.6) is 0 Å². The number of ether oxygens (including phenoxy) is 2. The van der Waals surface area contributed by atoms with Gasteiger partial charge in [-0.3, -0.25) is 0 Å². The Morgan fingerprint density at radius 2 is 1.65 bits per heavy atom. The zero-order valence-electron chi connectivity index (χ0n) is 24.7. The van der Waals surface area contributed by atoms with Gasteiger partial charge in [0.05, 0.1) is 5.41 Å². The summed E-state index contributed by atoms with van der Waals surface area (Å²) in [5.41, 5.74) is -0.122. The van der Waals surface area contributed by atoms with Crippen molar-refractivity contribution >= 4 is 12.2 Å². The maximum atomic E-state index is 13.4. The monoisotopic (exact) mass is 552 g/mol. The van der Waals surface area contributed by atoms with E-state index in [-0.39, 0.29) is 35.6 Å². The zero-order chi connectivity index (χ0) is 28.7. The van der Waals surface area contributed by atoms with Crippen LogP contribution in [0.4, 0.5) is 9.59 Å². The van der Waals surface area contributed by atoms with E-state index in [1.807, 2.05) is 64.6 Å². The van der Waals surface area contributed by atoms with E-state index >= 15 is 0 Å². The summed E-state index contributed by atoms with van der Waals surface area (Å²) in [4.78, 5) is 32.3. The largest absolute Gasteiger partial charge is 0.444 e. The zero-order valence-corrected chi connectivity index (χ0v) is 24.7. The molecule has 2 unspecified atom stereocenters. The van der Waals surface area contributed by atoms with Gasteiger partial charge in [-0.2, -0.15) is 4.98 Å². The number of carbonyl (C=O) groups is 2. The summed E-state index contributed by atoms with van der Waals surface area (Å²) < 4.78 is 17.0. The Hall–Kier alpha value is -3.10. The Kier molecular flexibility index (Phi) is 7.61. The molecule has 1 aromatic carbocycles. The molecule has 2 atom stereocenters. The quantitative estimate of drug-likeness (QED) is 0.421. The van der Waals surface area contributed by atoms with Crippen molar-refractivity contribution in [3.05, 3.63) is 47.6 Å². The molecule has 3 saturated carbocycles. The first-order valence-corrected chi connectivity index (χ1v) is 14.7. The van der Waals surface area contributed by atoms with Crippen molar-refractivity contribution in [1.82, 2.24) is 20.4 Å². The van der Waals surface area contributed by atoms with E-state index in [1.54, 1.807) is 0 Å². The summed E-state index contributed by atoms with van der Waals surface area (Å²) in [5.74, 6) is 1.84. The van der Waals surface area contributed by atoms with E-state index in [0.29, 0.717) is 24.2 Å². The van der Waals surface area contributed by atoms with Crippen molar-refractivity contribution in [2.45, 2.75) is 127 Å². The van der Waals surface area contributed by atoms with Crippen molar-refractivity contribution in [1.29, 1.82) is 0 Å². The van der Waals surface area contributed by atoms with Crippen LogP contribution in [0.25, 0.3) is 0 Å². The highest BCUT2D eigenvalue weighted by atomic mass is 16.6. The smallest absolute Gasteiger partial charge is 0.410 e. The fraction of sp³-hybridized carbons (Fsp3) is 0.677. The number of nitrogens with one attached hydrogen (secondary N) is 1. The average molecular weight is 553 g/mol. The van der Waals surface area contributed by atoms with Gasteiger partial charge in [-0.25, -0.2) is 9.59 Å². The van der Waals surface area contributed by atoms with Crippen LogP contribution < -0.4 is 5.32 Å². The first-order chi connectivity index (χ1) is 18.8. The molecule has 3 aliphatic rings. The topological polar surface area (TPSA) is 107 Å². The number of alkyl carbamates (subject to hydrolysis) is 1. The fourth-order valence-corrected chi connectivity index (χ4v) is 5.73. The molecule has 1 heterocycles. The maximum Gasteiger partial charge on any atom is 0.410 e. The van der Waals surface area contributed by atoms with Crippen molar-refractivity contribution in [2.75, 3.05) is 6.54 Å². The lowest BCUT2D eigenvalue weighted by molar-refractivity contribution is 0.0208. The lowest BCUT2D eigenvalue weighted by Crippen LogP contribution is -2.43. The average Bonchev–Trinajstić information content (AvgIpc) is 3.78. The molecule has 3 aliphatic carbocycles. The molecule has 0 bridgehead atoms. The van der Waals surface area contributed by atoms with Gasteiger partial charge in [0.2, 0.25) is 5.89 Å². The summed E-state index contributed by atoms with van der Waals surface area (Å²) in [7, 11) is 0.